The van der Waals surface area contributed by atoms with Crippen molar-refractivity contribution in [3.8, 4) is 6.07 Å². The first-order valence-electron chi connectivity index (χ1n) is 4.08. The van der Waals surface area contributed by atoms with Crippen molar-refractivity contribution in [3.63, 3.8) is 0 Å². The number of carboxylic acid groups (broad SMARTS) is 1. The largest absolute Gasteiger partial charge is 0.480 e. The topological polar surface area (TPSA) is 61.1 Å². The molecule has 0 amide bonds. The molecule has 0 aliphatic carbocycles. The molecule has 5 heteroatoms. The summed E-state index contributed by atoms with van der Waals surface area (Å²) in [4.78, 5) is 10.8. The number of aliphatic carboxylic acids is 1. The summed E-state index contributed by atoms with van der Waals surface area (Å²) < 4.78 is 0. The second kappa shape index (κ2) is 4.56. The fourth-order valence-corrected chi connectivity index (χ4v) is 1.76. The highest BCUT2D eigenvalue weighted by Gasteiger charge is 2.20. The monoisotopic (exact) mass is 241 g/mol. The molecule has 0 heterocycles. The number of nitriles is 1. The third-order valence-corrected chi connectivity index (χ3v) is 2.69. The number of carbonyl (C=O) groups is 1. The molecule has 1 aromatic carbocycles. The van der Waals surface area contributed by atoms with Crippen molar-refractivity contribution >= 4 is 30.2 Å². The summed E-state index contributed by atoms with van der Waals surface area (Å²) in [5, 5.41) is 17.1. The van der Waals surface area contributed by atoms with Crippen molar-refractivity contribution in [3.05, 3.63) is 33.8 Å². The van der Waals surface area contributed by atoms with Crippen molar-refractivity contribution in [2.75, 3.05) is 0 Å². The molecule has 0 saturated heterocycles. The molecule has 3 nitrogen and oxygen atoms in total. The van der Waals surface area contributed by atoms with Gasteiger partial charge in [0.25, 0.3) is 0 Å². The van der Waals surface area contributed by atoms with Crippen LogP contribution in [-0.2, 0) is 4.79 Å². The van der Waals surface area contributed by atoms with Gasteiger partial charge < -0.3 is 5.11 Å². The standard InChI is InChI=1S/C10H8ClNO2S/c1-5-2-6(11)3-7(8(5)4-12)9(15)10(13)14/h2-3,9,15H,1H3,(H,13,14). The maximum absolute atomic E-state index is 10.8. The number of hydrogen-bond donors (Lipinski definition) is 2. The second-order valence-electron chi connectivity index (χ2n) is 3.04. The third-order valence-electron chi connectivity index (χ3n) is 1.97. The van der Waals surface area contributed by atoms with Crippen LogP contribution < -0.4 is 0 Å². The number of rotatable bonds is 2. The maximum Gasteiger partial charge on any atom is 0.320 e. The minimum Gasteiger partial charge on any atom is -0.480 e. The Hall–Kier alpha value is -1.18. The van der Waals surface area contributed by atoms with Crippen molar-refractivity contribution in [2.24, 2.45) is 0 Å². The zero-order valence-corrected chi connectivity index (χ0v) is 9.51. The number of aryl methyl sites for hydroxylation is 1. The first kappa shape index (κ1) is 11.9. The molecule has 0 spiro atoms. The van der Waals surface area contributed by atoms with Crippen LogP contribution in [0.15, 0.2) is 12.1 Å². The van der Waals surface area contributed by atoms with Gasteiger partial charge >= 0.3 is 5.97 Å². The molecule has 1 atom stereocenters. The SMILES string of the molecule is Cc1cc(Cl)cc(C(S)C(=O)O)c1C#N. The number of nitrogens with zero attached hydrogens (tertiary/aromatic N) is 1. The number of hydrogen-bond acceptors (Lipinski definition) is 3. The summed E-state index contributed by atoms with van der Waals surface area (Å²) in [7, 11) is 0. The van der Waals surface area contributed by atoms with Crippen LogP contribution in [0.2, 0.25) is 5.02 Å². The van der Waals surface area contributed by atoms with Crippen LogP contribution in [0.5, 0.6) is 0 Å². The van der Waals surface area contributed by atoms with Gasteiger partial charge in [-0.05, 0) is 30.2 Å². The van der Waals surface area contributed by atoms with Gasteiger partial charge in [-0.3, -0.25) is 4.79 Å². The summed E-state index contributed by atoms with van der Waals surface area (Å²) in [6.07, 6.45) is 0. The third kappa shape index (κ3) is 2.44. The average molecular weight is 242 g/mol. The molecule has 1 N–H and O–H groups in total. The smallest absolute Gasteiger partial charge is 0.320 e. The highest BCUT2D eigenvalue weighted by atomic mass is 35.5. The Morgan fingerprint density at radius 3 is 2.73 bits per heavy atom. The van der Waals surface area contributed by atoms with Gasteiger partial charge in [-0.2, -0.15) is 17.9 Å². The van der Waals surface area contributed by atoms with E-state index in [2.05, 4.69) is 12.6 Å². The number of halogens is 1. The quantitative estimate of drug-likeness (QED) is 0.783. The maximum atomic E-state index is 10.8. The summed E-state index contributed by atoms with van der Waals surface area (Å²) in [6, 6.07) is 5.03. The van der Waals surface area contributed by atoms with E-state index in [0.29, 0.717) is 21.7 Å². The van der Waals surface area contributed by atoms with E-state index in [1.165, 1.54) is 6.07 Å². The molecular weight excluding hydrogens is 234 g/mol. The molecule has 0 aliphatic heterocycles. The lowest BCUT2D eigenvalue weighted by Gasteiger charge is -2.10. The first-order chi connectivity index (χ1) is 6.97. The van der Waals surface area contributed by atoms with Crippen molar-refractivity contribution < 1.29 is 9.90 Å². The van der Waals surface area contributed by atoms with Gasteiger partial charge in [-0.1, -0.05) is 11.6 Å². The fraction of sp³-hybridized carbons (Fsp3) is 0.200. The molecule has 1 rings (SSSR count). The molecule has 0 bridgehead atoms. The molecule has 0 radical (unpaired) electrons. The average Bonchev–Trinajstić information content (AvgIpc) is 2.15. The van der Waals surface area contributed by atoms with E-state index < -0.39 is 11.2 Å². The van der Waals surface area contributed by atoms with E-state index in [4.69, 9.17) is 22.0 Å². The summed E-state index contributed by atoms with van der Waals surface area (Å²) in [6.45, 7) is 1.70. The molecule has 0 saturated carbocycles. The van der Waals surface area contributed by atoms with Crippen LogP contribution in [0.3, 0.4) is 0 Å². The van der Waals surface area contributed by atoms with E-state index in [0.717, 1.165) is 0 Å². The Kier molecular flexibility index (Phi) is 3.61. The van der Waals surface area contributed by atoms with Crippen molar-refractivity contribution in [1.82, 2.24) is 0 Å². The van der Waals surface area contributed by atoms with Crippen LogP contribution in [0, 0.1) is 18.3 Å². The Balaban J connectivity index is 3.40. The lowest BCUT2D eigenvalue weighted by molar-refractivity contribution is -0.136. The molecule has 0 aliphatic rings. The zero-order chi connectivity index (χ0) is 11.6. The van der Waals surface area contributed by atoms with Crippen molar-refractivity contribution in [1.29, 1.82) is 5.26 Å². The fourth-order valence-electron chi connectivity index (χ4n) is 1.27. The summed E-state index contributed by atoms with van der Waals surface area (Å²) >= 11 is 9.71. The summed E-state index contributed by atoms with van der Waals surface area (Å²) in [5.41, 5.74) is 1.31. The molecule has 78 valence electrons. The number of carboxylic acids is 1. The molecule has 15 heavy (non-hydrogen) atoms. The zero-order valence-electron chi connectivity index (χ0n) is 7.86. The lowest BCUT2D eigenvalue weighted by atomic mass is 10.0. The highest BCUT2D eigenvalue weighted by Crippen LogP contribution is 2.29. The van der Waals surface area contributed by atoms with E-state index >= 15 is 0 Å². The number of thiol groups is 1. The predicted molar refractivity (Wildman–Crippen MR) is 60.3 cm³/mol. The first-order valence-corrected chi connectivity index (χ1v) is 4.97. The molecule has 1 aromatic rings. The minimum absolute atomic E-state index is 0.321. The highest BCUT2D eigenvalue weighted by molar-refractivity contribution is 7.81. The van der Waals surface area contributed by atoms with Crippen molar-refractivity contribution in [2.45, 2.75) is 12.2 Å². The van der Waals surface area contributed by atoms with Gasteiger partial charge in [-0.25, -0.2) is 0 Å². The second-order valence-corrected chi connectivity index (χ2v) is 3.99. The van der Waals surface area contributed by atoms with E-state index in [1.54, 1.807) is 13.0 Å². The minimum atomic E-state index is -1.10. The van der Waals surface area contributed by atoms with Crippen LogP contribution in [0.1, 0.15) is 21.9 Å². The van der Waals surface area contributed by atoms with E-state index in [-0.39, 0.29) is 0 Å². The van der Waals surface area contributed by atoms with Crippen LogP contribution in [0.25, 0.3) is 0 Å². The van der Waals surface area contributed by atoms with E-state index in [9.17, 15) is 4.79 Å². The molecular formula is C10H8ClNO2S. The predicted octanol–water partition coefficient (Wildman–Crippen LogP) is 2.58. The Bertz CT molecular complexity index is 453. The van der Waals surface area contributed by atoms with Crippen LogP contribution in [0.4, 0.5) is 0 Å². The Morgan fingerprint density at radius 1 is 1.67 bits per heavy atom. The van der Waals surface area contributed by atoms with Gasteiger partial charge in [0, 0.05) is 5.02 Å². The van der Waals surface area contributed by atoms with Gasteiger partial charge in [0.2, 0.25) is 0 Å². The van der Waals surface area contributed by atoms with Gasteiger partial charge in [-0.15, -0.1) is 0 Å². The molecule has 0 aromatic heterocycles. The van der Waals surface area contributed by atoms with Gasteiger partial charge in [0.1, 0.15) is 5.25 Å². The normalized spacial score (nSPS) is 11.9. The Morgan fingerprint density at radius 2 is 2.27 bits per heavy atom. The van der Waals surface area contributed by atoms with Gasteiger partial charge in [0.15, 0.2) is 0 Å². The van der Waals surface area contributed by atoms with Crippen LogP contribution in [-0.4, -0.2) is 11.1 Å². The summed E-state index contributed by atoms with van der Waals surface area (Å²) in [5.74, 6) is -1.10. The lowest BCUT2D eigenvalue weighted by Crippen LogP contribution is -2.07. The van der Waals surface area contributed by atoms with Crippen LogP contribution >= 0.6 is 24.2 Å². The molecule has 0 fully saturated rings. The molecule has 1 unspecified atom stereocenters. The number of benzene rings is 1. The van der Waals surface area contributed by atoms with E-state index in [1.807, 2.05) is 6.07 Å². The van der Waals surface area contributed by atoms with Gasteiger partial charge in [0.05, 0.1) is 11.6 Å². The Labute approximate surface area is 97.7 Å².